The number of morpholine rings is 1. The number of anilines is 2. The van der Waals surface area contributed by atoms with Crippen LogP contribution in [0.25, 0.3) is 0 Å². The molecule has 1 aliphatic heterocycles. The van der Waals surface area contributed by atoms with E-state index in [1.54, 1.807) is 12.1 Å². The average Bonchev–Trinajstić information content (AvgIpc) is 3.19. The number of rotatable bonds is 9. The van der Waals surface area contributed by atoms with Gasteiger partial charge in [-0.25, -0.2) is 0 Å². The third kappa shape index (κ3) is 5.73. The minimum Gasteiger partial charge on any atom is -0.494 e. The molecule has 152 valence electrons. The highest BCUT2D eigenvalue weighted by molar-refractivity contribution is 8.01. The molecule has 1 aliphatic rings. The summed E-state index contributed by atoms with van der Waals surface area (Å²) < 4.78 is 17.2. The number of carbonyl (C=O) groups excluding carboxylic acids is 1. The molecule has 2 aromatic rings. The zero-order chi connectivity index (χ0) is 19.8. The Morgan fingerprint density at radius 3 is 2.79 bits per heavy atom. The smallest absolute Gasteiger partial charge is 0.234 e. The van der Waals surface area contributed by atoms with Gasteiger partial charge in [-0.1, -0.05) is 23.1 Å². The number of thioether (sulfide) groups is 1. The summed E-state index contributed by atoms with van der Waals surface area (Å²) in [7, 11) is 0. The van der Waals surface area contributed by atoms with Crippen LogP contribution in [0.3, 0.4) is 0 Å². The molecular weight excluding hydrogens is 400 g/mol. The molecule has 1 aromatic heterocycles. The average molecular weight is 425 g/mol. The Bertz CT molecular complexity index is 781. The molecule has 1 fully saturated rings. The molecule has 0 aliphatic carbocycles. The van der Waals surface area contributed by atoms with Crippen molar-refractivity contribution < 1.29 is 19.0 Å². The van der Waals surface area contributed by atoms with Crippen molar-refractivity contribution in [2.75, 3.05) is 55.5 Å². The Labute approximate surface area is 172 Å². The van der Waals surface area contributed by atoms with Gasteiger partial charge in [-0.05, 0) is 26.0 Å². The monoisotopic (exact) mass is 424 g/mol. The van der Waals surface area contributed by atoms with E-state index in [2.05, 4.69) is 20.4 Å². The maximum Gasteiger partial charge on any atom is 0.234 e. The Morgan fingerprint density at radius 2 is 2.04 bits per heavy atom. The fourth-order valence-corrected chi connectivity index (χ4v) is 4.29. The molecule has 8 nitrogen and oxygen atoms in total. The Kier molecular flexibility index (Phi) is 7.75. The SMILES string of the molecule is CCOc1ccc(OCC)c(NC(=O)CSc2nnc(N3CCOCC3)s2)c1. The second-order valence-electron chi connectivity index (χ2n) is 5.81. The topological polar surface area (TPSA) is 85.8 Å². The van der Waals surface area contributed by atoms with Gasteiger partial charge >= 0.3 is 0 Å². The van der Waals surface area contributed by atoms with E-state index in [-0.39, 0.29) is 11.7 Å². The second kappa shape index (κ2) is 10.5. The van der Waals surface area contributed by atoms with Crippen LogP contribution in [0, 0.1) is 0 Å². The fraction of sp³-hybridized carbons (Fsp3) is 0.500. The van der Waals surface area contributed by atoms with E-state index in [9.17, 15) is 4.79 Å². The minimum absolute atomic E-state index is 0.136. The molecular formula is C18H24N4O4S2. The van der Waals surface area contributed by atoms with Gasteiger partial charge in [0.2, 0.25) is 11.0 Å². The third-order valence-corrected chi connectivity index (χ3v) is 5.96. The van der Waals surface area contributed by atoms with Gasteiger partial charge in [0, 0.05) is 19.2 Å². The molecule has 1 aromatic carbocycles. The first-order valence-electron chi connectivity index (χ1n) is 9.18. The fourth-order valence-electron chi connectivity index (χ4n) is 2.60. The second-order valence-corrected chi connectivity index (χ2v) is 7.99. The van der Waals surface area contributed by atoms with Gasteiger partial charge in [-0.15, -0.1) is 10.2 Å². The third-order valence-electron chi connectivity index (χ3n) is 3.84. The van der Waals surface area contributed by atoms with Gasteiger partial charge in [0.25, 0.3) is 0 Å². The predicted octanol–water partition coefficient (Wildman–Crippen LogP) is 2.90. The summed E-state index contributed by atoms with van der Waals surface area (Å²) in [6.45, 7) is 7.92. The van der Waals surface area contributed by atoms with Crippen molar-refractivity contribution >= 4 is 39.8 Å². The number of nitrogens with zero attached hydrogens (tertiary/aromatic N) is 3. The van der Waals surface area contributed by atoms with Crippen molar-refractivity contribution in [1.82, 2.24) is 10.2 Å². The number of benzene rings is 1. The van der Waals surface area contributed by atoms with E-state index in [4.69, 9.17) is 14.2 Å². The number of hydrogen-bond donors (Lipinski definition) is 1. The number of amides is 1. The van der Waals surface area contributed by atoms with Crippen molar-refractivity contribution in [2.45, 2.75) is 18.2 Å². The Balaban J connectivity index is 1.56. The Hall–Kier alpha value is -2.04. The van der Waals surface area contributed by atoms with E-state index >= 15 is 0 Å². The number of ether oxygens (including phenoxy) is 3. The van der Waals surface area contributed by atoms with Crippen LogP contribution in [0.2, 0.25) is 0 Å². The molecule has 0 spiro atoms. The summed E-state index contributed by atoms with van der Waals surface area (Å²) in [4.78, 5) is 14.6. The first-order chi connectivity index (χ1) is 13.7. The van der Waals surface area contributed by atoms with E-state index in [0.29, 0.717) is 43.6 Å². The van der Waals surface area contributed by atoms with Gasteiger partial charge < -0.3 is 24.4 Å². The molecule has 28 heavy (non-hydrogen) atoms. The molecule has 1 N–H and O–H groups in total. The number of carbonyl (C=O) groups is 1. The lowest BCUT2D eigenvalue weighted by molar-refractivity contribution is -0.113. The molecule has 1 saturated heterocycles. The van der Waals surface area contributed by atoms with Crippen LogP contribution in [-0.4, -0.2) is 61.4 Å². The molecule has 0 unspecified atom stereocenters. The standard InChI is InChI=1S/C18H24N4O4S2/c1-3-25-13-5-6-15(26-4-2)14(11-13)19-16(23)12-27-18-21-20-17(28-18)22-7-9-24-10-8-22/h5-6,11H,3-4,7-10,12H2,1-2H3,(H,19,23). The number of aromatic nitrogens is 2. The van der Waals surface area contributed by atoms with Crippen molar-refractivity contribution in [2.24, 2.45) is 0 Å². The van der Waals surface area contributed by atoms with Crippen LogP contribution in [0.5, 0.6) is 11.5 Å². The van der Waals surface area contributed by atoms with Crippen molar-refractivity contribution in [3.63, 3.8) is 0 Å². The van der Waals surface area contributed by atoms with Crippen LogP contribution in [0.15, 0.2) is 22.5 Å². The summed E-state index contributed by atoms with van der Waals surface area (Å²) in [5.41, 5.74) is 0.602. The van der Waals surface area contributed by atoms with Crippen molar-refractivity contribution in [1.29, 1.82) is 0 Å². The molecule has 1 amide bonds. The molecule has 10 heteroatoms. The molecule has 3 rings (SSSR count). The maximum atomic E-state index is 12.4. The van der Waals surface area contributed by atoms with Crippen molar-refractivity contribution in [3.05, 3.63) is 18.2 Å². The van der Waals surface area contributed by atoms with Crippen LogP contribution in [0.4, 0.5) is 10.8 Å². The quantitative estimate of drug-likeness (QED) is 0.615. The molecule has 0 bridgehead atoms. The lowest BCUT2D eigenvalue weighted by Gasteiger charge is -2.25. The Morgan fingerprint density at radius 1 is 1.25 bits per heavy atom. The van der Waals surface area contributed by atoms with E-state index in [0.717, 1.165) is 22.6 Å². The highest BCUT2D eigenvalue weighted by Gasteiger charge is 2.17. The van der Waals surface area contributed by atoms with Crippen LogP contribution in [-0.2, 0) is 9.53 Å². The van der Waals surface area contributed by atoms with Crippen LogP contribution in [0.1, 0.15) is 13.8 Å². The largest absolute Gasteiger partial charge is 0.494 e. The summed E-state index contributed by atoms with van der Waals surface area (Å²) in [6.07, 6.45) is 0. The lowest BCUT2D eigenvalue weighted by atomic mass is 10.2. The highest BCUT2D eigenvalue weighted by Crippen LogP contribution is 2.31. The predicted molar refractivity (Wildman–Crippen MR) is 111 cm³/mol. The molecule has 0 saturated carbocycles. The summed E-state index contributed by atoms with van der Waals surface area (Å²) in [5.74, 6) is 1.41. The van der Waals surface area contributed by atoms with E-state index in [1.807, 2.05) is 19.9 Å². The molecule has 0 radical (unpaired) electrons. The molecule has 2 heterocycles. The van der Waals surface area contributed by atoms with Gasteiger partial charge in [0.1, 0.15) is 11.5 Å². The normalized spacial score (nSPS) is 14.0. The van der Waals surface area contributed by atoms with Gasteiger partial charge in [-0.3, -0.25) is 4.79 Å². The summed E-state index contributed by atoms with van der Waals surface area (Å²) >= 11 is 2.86. The van der Waals surface area contributed by atoms with Crippen LogP contribution >= 0.6 is 23.1 Å². The van der Waals surface area contributed by atoms with Gasteiger partial charge in [0.15, 0.2) is 4.34 Å². The van der Waals surface area contributed by atoms with E-state index < -0.39 is 0 Å². The lowest BCUT2D eigenvalue weighted by Crippen LogP contribution is -2.36. The number of hydrogen-bond acceptors (Lipinski definition) is 9. The maximum absolute atomic E-state index is 12.4. The van der Waals surface area contributed by atoms with Crippen molar-refractivity contribution in [3.8, 4) is 11.5 Å². The van der Waals surface area contributed by atoms with Gasteiger partial charge in [0.05, 0.1) is 37.9 Å². The molecule has 0 atom stereocenters. The number of nitrogens with one attached hydrogen (secondary N) is 1. The summed E-state index contributed by atoms with van der Waals surface area (Å²) in [5, 5.41) is 12.2. The summed E-state index contributed by atoms with van der Waals surface area (Å²) in [6, 6.07) is 5.41. The van der Waals surface area contributed by atoms with Crippen LogP contribution < -0.4 is 19.7 Å². The minimum atomic E-state index is -0.136. The first-order valence-corrected chi connectivity index (χ1v) is 11.0. The van der Waals surface area contributed by atoms with Gasteiger partial charge in [-0.2, -0.15) is 0 Å². The van der Waals surface area contributed by atoms with E-state index in [1.165, 1.54) is 23.1 Å². The zero-order valence-corrected chi connectivity index (χ0v) is 17.6. The highest BCUT2D eigenvalue weighted by atomic mass is 32.2. The zero-order valence-electron chi connectivity index (χ0n) is 16.0. The first kappa shape index (κ1) is 20.7.